The molecule has 3 aliphatic heterocycles. The van der Waals surface area contributed by atoms with Crippen molar-refractivity contribution in [1.82, 2.24) is 19.6 Å². The first-order valence-electron chi connectivity index (χ1n) is 13.1. The fourth-order valence-electron chi connectivity index (χ4n) is 5.72. The molecule has 3 fully saturated rings. The lowest BCUT2D eigenvalue weighted by Crippen LogP contribution is -2.53. The second-order valence-electron chi connectivity index (χ2n) is 9.87. The number of hydrogen-bond donors (Lipinski definition) is 0. The second kappa shape index (κ2) is 12.2. The van der Waals surface area contributed by atoms with Gasteiger partial charge in [0.1, 0.15) is 0 Å². The van der Waals surface area contributed by atoms with Crippen molar-refractivity contribution in [2.45, 2.75) is 78.2 Å². The molecule has 6 nitrogen and oxygen atoms in total. The Morgan fingerprint density at radius 1 is 0.806 bits per heavy atom. The standard InChI is InChI=1S/C25H46N4O2/c1-4-7-8-21(5-2)24(30)28-15-11-23(12-16-28)27-13-9-22(10-14-27)25(31)29-19-17-26(6-3)18-20-29/h21-23H,4-20H2,1-3H3. The predicted molar refractivity (Wildman–Crippen MR) is 126 cm³/mol. The van der Waals surface area contributed by atoms with Gasteiger partial charge < -0.3 is 19.6 Å². The van der Waals surface area contributed by atoms with Crippen molar-refractivity contribution in [2.24, 2.45) is 11.8 Å². The SMILES string of the molecule is CCCCC(CC)C(=O)N1CCC(N2CCC(C(=O)N3CCN(CC)CC3)CC2)CC1. The summed E-state index contributed by atoms with van der Waals surface area (Å²) in [4.78, 5) is 35.1. The third-order valence-electron chi connectivity index (χ3n) is 8.05. The maximum absolute atomic E-state index is 13.0. The Kier molecular flexibility index (Phi) is 9.64. The Morgan fingerprint density at radius 2 is 1.45 bits per heavy atom. The number of nitrogens with zero attached hydrogens (tertiary/aromatic N) is 4. The number of piperazine rings is 1. The van der Waals surface area contributed by atoms with Gasteiger partial charge in [-0.25, -0.2) is 0 Å². The molecule has 31 heavy (non-hydrogen) atoms. The predicted octanol–water partition coefficient (Wildman–Crippen LogP) is 3.07. The molecule has 0 aromatic rings. The molecule has 0 spiro atoms. The number of hydrogen-bond acceptors (Lipinski definition) is 4. The average molecular weight is 435 g/mol. The molecule has 2 amide bonds. The smallest absolute Gasteiger partial charge is 0.225 e. The summed E-state index contributed by atoms with van der Waals surface area (Å²) in [6.45, 7) is 15.4. The van der Waals surface area contributed by atoms with Gasteiger partial charge in [0.05, 0.1) is 0 Å². The van der Waals surface area contributed by atoms with Crippen LogP contribution in [0.15, 0.2) is 0 Å². The highest BCUT2D eigenvalue weighted by molar-refractivity contribution is 5.79. The van der Waals surface area contributed by atoms with Gasteiger partial charge in [0.25, 0.3) is 0 Å². The topological polar surface area (TPSA) is 47.1 Å². The van der Waals surface area contributed by atoms with Crippen molar-refractivity contribution in [2.75, 3.05) is 58.9 Å². The number of carbonyl (C=O) groups is 2. The van der Waals surface area contributed by atoms with Crippen molar-refractivity contribution in [3.05, 3.63) is 0 Å². The van der Waals surface area contributed by atoms with Gasteiger partial charge in [0.2, 0.25) is 11.8 Å². The van der Waals surface area contributed by atoms with Crippen molar-refractivity contribution in [1.29, 1.82) is 0 Å². The van der Waals surface area contributed by atoms with Gasteiger partial charge in [-0.1, -0.05) is 33.6 Å². The highest BCUT2D eigenvalue weighted by Crippen LogP contribution is 2.27. The number of likely N-dealkylation sites (tertiary alicyclic amines) is 2. The Balaban J connectivity index is 1.39. The van der Waals surface area contributed by atoms with Gasteiger partial charge in [-0.2, -0.15) is 0 Å². The van der Waals surface area contributed by atoms with Gasteiger partial charge in [-0.3, -0.25) is 9.59 Å². The summed E-state index contributed by atoms with van der Waals surface area (Å²) in [5.74, 6) is 1.22. The Bertz CT molecular complexity index is 560. The minimum atomic E-state index is 0.218. The number of rotatable bonds is 8. The quantitative estimate of drug-likeness (QED) is 0.589. The molecule has 6 heteroatoms. The third kappa shape index (κ3) is 6.44. The molecule has 0 bridgehead atoms. The van der Waals surface area contributed by atoms with Crippen LogP contribution in [0, 0.1) is 11.8 Å². The lowest BCUT2D eigenvalue weighted by Gasteiger charge is -2.43. The fraction of sp³-hybridized carbons (Fsp3) is 0.920. The van der Waals surface area contributed by atoms with Gasteiger partial charge >= 0.3 is 0 Å². The molecule has 0 aromatic heterocycles. The summed E-state index contributed by atoms with van der Waals surface area (Å²) in [6.07, 6.45) is 8.51. The van der Waals surface area contributed by atoms with Gasteiger partial charge in [0.15, 0.2) is 0 Å². The molecule has 3 heterocycles. The van der Waals surface area contributed by atoms with E-state index in [-0.39, 0.29) is 11.8 Å². The fourth-order valence-corrected chi connectivity index (χ4v) is 5.72. The first kappa shape index (κ1) is 24.5. The lowest BCUT2D eigenvalue weighted by atomic mass is 9.91. The lowest BCUT2D eigenvalue weighted by molar-refractivity contribution is -0.140. The number of unbranched alkanes of at least 4 members (excludes halogenated alkanes) is 1. The molecule has 1 atom stereocenters. The van der Waals surface area contributed by atoms with E-state index in [0.29, 0.717) is 17.9 Å². The zero-order valence-electron chi connectivity index (χ0n) is 20.4. The van der Waals surface area contributed by atoms with E-state index in [1.807, 2.05) is 0 Å². The molecule has 0 aromatic carbocycles. The first-order chi connectivity index (χ1) is 15.1. The molecule has 3 aliphatic rings. The van der Waals surface area contributed by atoms with Crippen molar-refractivity contribution in [3.8, 4) is 0 Å². The summed E-state index contributed by atoms with van der Waals surface area (Å²) in [5.41, 5.74) is 0. The monoisotopic (exact) mass is 434 g/mol. The van der Waals surface area contributed by atoms with Crippen LogP contribution in [0.1, 0.15) is 72.1 Å². The van der Waals surface area contributed by atoms with Crippen LogP contribution in [-0.2, 0) is 9.59 Å². The van der Waals surface area contributed by atoms with E-state index in [1.165, 1.54) is 6.42 Å². The Labute approximate surface area is 190 Å². The van der Waals surface area contributed by atoms with Crippen LogP contribution >= 0.6 is 0 Å². The van der Waals surface area contributed by atoms with Crippen molar-refractivity contribution in [3.63, 3.8) is 0 Å². The van der Waals surface area contributed by atoms with Gasteiger partial charge in [0, 0.05) is 57.1 Å². The van der Waals surface area contributed by atoms with Crippen molar-refractivity contribution < 1.29 is 9.59 Å². The Morgan fingerprint density at radius 3 is 2.00 bits per heavy atom. The summed E-state index contributed by atoms with van der Waals surface area (Å²) in [7, 11) is 0. The zero-order chi connectivity index (χ0) is 22.2. The van der Waals surface area contributed by atoms with Crippen LogP contribution in [0.25, 0.3) is 0 Å². The summed E-state index contributed by atoms with van der Waals surface area (Å²) >= 11 is 0. The van der Waals surface area contributed by atoms with E-state index in [1.54, 1.807) is 0 Å². The van der Waals surface area contributed by atoms with E-state index >= 15 is 0 Å². The minimum Gasteiger partial charge on any atom is -0.342 e. The molecule has 1 unspecified atom stereocenters. The van der Waals surface area contributed by atoms with Crippen LogP contribution < -0.4 is 0 Å². The van der Waals surface area contributed by atoms with E-state index in [9.17, 15) is 9.59 Å². The first-order valence-corrected chi connectivity index (χ1v) is 13.1. The molecule has 3 rings (SSSR count). The zero-order valence-corrected chi connectivity index (χ0v) is 20.4. The number of piperidine rings is 2. The van der Waals surface area contributed by atoms with Crippen LogP contribution in [0.5, 0.6) is 0 Å². The summed E-state index contributed by atoms with van der Waals surface area (Å²) < 4.78 is 0. The summed E-state index contributed by atoms with van der Waals surface area (Å²) in [5, 5.41) is 0. The molecule has 3 saturated heterocycles. The van der Waals surface area contributed by atoms with Gasteiger partial charge in [-0.05, 0) is 58.2 Å². The molecular weight excluding hydrogens is 388 g/mol. The third-order valence-corrected chi connectivity index (χ3v) is 8.05. The highest BCUT2D eigenvalue weighted by atomic mass is 16.2. The van der Waals surface area contributed by atoms with Crippen LogP contribution in [0.3, 0.4) is 0 Å². The minimum absolute atomic E-state index is 0.218. The van der Waals surface area contributed by atoms with E-state index < -0.39 is 0 Å². The number of amides is 2. The van der Waals surface area contributed by atoms with E-state index in [0.717, 1.165) is 104 Å². The molecule has 0 aliphatic carbocycles. The maximum atomic E-state index is 13.0. The summed E-state index contributed by atoms with van der Waals surface area (Å²) in [6, 6.07) is 0.587. The number of carbonyl (C=O) groups excluding carboxylic acids is 2. The molecule has 0 N–H and O–H groups in total. The maximum Gasteiger partial charge on any atom is 0.225 e. The van der Waals surface area contributed by atoms with E-state index in [4.69, 9.17) is 0 Å². The Hall–Kier alpha value is -1.14. The molecule has 0 radical (unpaired) electrons. The van der Waals surface area contributed by atoms with E-state index in [2.05, 4.69) is 40.4 Å². The van der Waals surface area contributed by atoms with Crippen LogP contribution in [0.2, 0.25) is 0 Å². The van der Waals surface area contributed by atoms with Crippen molar-refractivity contribution >= 4 is 11.8 Å². The molecule has 0 saturated carbocycles. The van der Waals surface area contributed by atoms with Crippen LogP contribution in [-0.4, -0.2) is 96.4 Å². The molecule has 178 valence electrons. The van der Waals surface area contributed by atoms with Gasteiger partial charge in [-0.15, -0.1) is 0 Å². The second-order valence-corrected chi connectivity index (χ2v) is 9.87. The average Bonchev–Trinajstić information content (AvgIpc) is 2.84. The normalized spacial score (nSPS) is 23.8. The largest absolute Gasteiger partial charge is 0.342 e. The van der Waals surface area contributed by atoms with Crippen LogP contribution in [0.4, 0.5) is 0 Å². The highest BCUT2D eigenvalue weighted by Gasteiger charge is 2.34. The molecular formula is C25H46N4O2. The number of likely N-dealkylation sites (N-methyl/N-ethyl adjacent to an activating group) is 1.